The molecule has 0 aliphatic heterocycles. The minimum atomic E-state index is -0.211. The van der Waals surface area contributed by atoms with Crippen LogP contribution in [0.3, 0.4) is 0 Å². The van der Waals surface area contributed by atoms with E-state index in [4.69, 9.17) is 21.1 Å². The number of nitrogens with zero attached hydrogens (tertiary/aromatic N) is 1. The zero-order chi connectivity index (χ0) is 17.5. The van der Waals surface area contributed by atoms with E-state index < -0.39 is 0 Å². The van der Waals surface area contributed by atoms with Crippen molar-refractivity contribution in [3.63, 3.8) is 0 Å². The maximum Gasteiger partial charge on any atom is 0.255 e. The van der Waals surface area contributed by atoms with Crippen LogP contribution in [0.2, 0.25) is 5.02 Å². The Hall–Kier alpha value is -2.40. The van der Waals surface area contributed by atoms with E-state index in [1.807, 2.05) is 31.3 Å². The number of ether oxygens (including phenoxy) is 2. The summed E-state index contributed by atoms with van der Waals surface area (Å²) >= 11 is 5.95. The molecule has 128 valence electrons. The van der Waals surface area contributed by atoms with Gasteiger partial charge in [0.15, 0.2) is 0 Å². The first kappa shape index (κ1) is 17.9. The quantitative estimate of drug-likeness (QED) is 0.834. The number of carbonyl (C=O) groups is 1. The number of hydrogen-bond donors (Lipinski definition) is 1. The fourth-order valence-corrected chi connectivity index (χ4v) is 2.43. The van der Waals surface area contributed by atoms with Crippen LogP contribution in [0.25, 0.3) is 0 Å². The van der Waals surface area contributed by atoms with Gasteiger partial charge in [0.2, 0.25) is 0 Å². The summed E-state index contributed by atoms with van der Waals surface area (Å²) in [5, 5.41) is 3.38. The van der Waals surface area contributed by atoms with Crippen LogP contribution in [0.1, 0.15) is 10.4 Å². The van der Waals surface area contributed by atoms with Crippen molar-refractivity contribution < 1.29 is 14.3 Å². The minimum Gasteiger partial charge on any atom is -0.497 e. The van der Waals surface area contributed by atoms with Gasteiger partial charge in [0, 0.05) is 30.8 Å². The second-order valence-corrected chi connectivity index (χ2v) is 5.66. The molecule has 2 aromatic rings. The molecule has 0 saturated heterocycles. The molecular formula is C18H21ClN2O3. The Bertz CT molecular complexity index is 689. The van der Waals surface area contributed by atoms with E-state index in [0.29, 0.717) is 29.4 Å². The van der Waals surface area contributed by atoms with Crippen LogP contribution in [0.15, 0.2) is 42.5 Å². The van der Waals surface area contributed by atoms with E-state index in [1.54, 1.807) is 25.3 Å². The lowest BCUT2D eigenvalue weighted by Gasteiger charge is -2.20. The van der Waals surface area contributed by atoms with Crippen LogP contribution in [-0.2, 0) is 0 Å². The molecule has 1 amide bonds. The second kappa shape index (κ2) is 8.45. The first-order chi connectivity index (χ1) is 11.5. The summed E-state index contributed by atoms with van der Waals surface area (Å²) in [6.45, 7) is 1.16. The van der Waals surface area contributed by atoms with Crippen molar-refractivity contribution in [1.29, 1.82) is 0 Å². The molecule has 0 bridgehead atoms. The van der Waals surface area contributed by atoms with E-state index in [-0.39, 0.29) is 5.91 Å². The van der Waals surface area contributed by atoms with Gasteiger partial charge in [0.05, 0.1) is 19.8 Å². The predicted octanol–water partition coefficient (Wildman–Crippen LogP) is 3.22. The first-order valence-electron chi connectivity index (χ1n) is 7.52. The molecule has 0 radical (unpaired) electrons. The lowest BCUT2D eigenvalue weighted by Crippen LogP contribution is -2.33. The number of nitrogens with one attached hydrogen (secondary N) is 1. The maximum absolute atomic E-state index is 12.3. The van der Waals surface area contributed by atoms with Gasteiger partial charge in [0.25, 0.3) is 5.91 Å². The van der Waals surface area contributed by atoms with Crippen molar-refractivity contribution >= 4 is 23.2 Å². The van der Waals surface area contributed by atoms with Crippen molar-refractivity contribution in [2.45, 2.75) is 0 Å². The van der Waals surface area contributed by atoms with Crippen molar-refractivity contribution in [1.82, 2.24) is 5.32 Å². The Kier molecular flexibility index (Phi) is 6.32. The zero-order valence-electron chi connectivity index (χ0n) is 14.0. The SMILES string of the molecule is COc1ccc(N(C)CCNC(=O)c2cc(Cl)ccc2OC)cc1. The largest absolute Gasteiger partial charge is 0.497 e. The normalized spacial score (nSPS) is 10.2. The monoisotopic (exact) mass is 348 g/mol. The van der Waals surface area contributed by atoms with E-state index >= 15 is 0 Å². The highest BCUT2D eigenvalue weighted by molar-refractivity contribution is 6.31. The smallest absolute Gasteiger partial charge is 0.255 e. The van der Waals surface area contributed by atoms with Gasteiger partial charge in [-0.25, -0.2) is 0 Å². The van der Waals surface area contributed by atoms with Crippen molar-refractivity contribution in [3.05, 3.63) is 53.1 Å². The molecule has 2 rings (SSSR count). The Morgan fingerprint density at radius 2 is 1.83 bits per heavy atom. The lowest BCUT2D eigenvalue weighted by atomic mass is 10.2. The molecule has 0 atom stereocenters. The standard InChI is InChI=1S/C18H21ClN2O3/c1-21(14-5-7-15(23-2)8-6-14)11-10-20-18(22)16-12-13(19)4-9-17(16)24-3/h4-9,12H,10-11H2,1-3H3,(H,20,22). The molecule has 6 heteroatoms. The number of hydrogen-bond acceptors (Lipinski definition) is 4. The summed E-state index contributed by atoms with van der Waals surface area (Å²) in [6.07, 6.45) is 0. The fourth-order valence-electron chi connectivity index (χ4n) is 2.26. The van der Waals surface area contributed by atoms with E-state index in [9.17, 15) is 4.79 Å². The number of anilines is 1. The highest BCUT2D eigenvalue weighted by Gasteiger charge is 2.12. The van der Waals surface area contributed by atoms with E-state index in [2.05, 4.69) is 10.2 Å². The van der Waals surface area contributed by atoms with Gasteiger partial charge < -0.3 is 19.7 Å². The summed E-state index contributed by atoms with van der Waals surface area (Å²) in [5.74, 6) is 1.10. The summed E-state index contributed by atoms with van der Waals surface area (Å²) < 4.78 is 10.3. The van der Waals surface area contributed by atoms with E-state index in [1.165, 1.54) is 7.11 Å². The van der Waals surface area contributed by atoms with Gasteiger partial charge in [-0.05, 0) is 42.5 Å². The molecule has 0 spiro atoms. The average molecular weight is 349 g/mol. The van der Waals surface area contributed by atoms with Gasteiger partial charge in [-0.1, -0.05) is 11.6 Å². The maximum atomic E-state index is 12.3. The Morgan fingerprint density at radius 1 is 1.12 bits per heavy atom. The molecule has 24 heavy (non-hydrogen) atoms. The number of amides is 1. The molecule has 5 nitrogen and oxygen atoms in total. The van der Waals surface area contributed by atoms with Crippen molar-refractivity contribution in [2.75, 3.05) is 39.3 Å². The molecule has 1 N–H and O–H groups in total. The number of rotatable bonds is 7. The molecule has 0 unspecified atom stereocenters. The third kappa shape index (κ3) is 4.55. The van der Waals surface area contributed by atoms with Crippen LogP contribution in [0, 0.1) is 0 Å². The number of benzene rings is 2. The second-order valence-electron chi connectivity index (χ2n) is 5.22. The summed E-state index contributed by atoms with van der Waals surface area (Å²) in [4.78, 5) is 14.3. The third-order valence-electron chi connectivity index (χ3n) is 3.65. The molecule has 0 heterocycles. The molecule has 2 aromatic carbocycles. The summed E-state index contributed by atoms with van der Waals surface area (Å²) in [6, 6.07) is 12.7. The third-order valence-corrected chi connectivity index (χ3v) is 3.89. The van der Waals surface area contributed by atoms with Crippen LogP contribution >= 0.6 is 11.6 Å². The highest BCUT2D eigenvalue weighted by Crippen LogP contribution is 2.22. The van der Waals surface area contributed by atoms with E-state index in [0.717, 1.165) is 11.4 Å². The summed E-state index contributed by atoms with van der Waals surface area (Å²) in [5.41, 5.74) is 1.47. The number of carbonyl (C=O) groups excluding carboxylic acids is 1. The van der Waals surface area contributed by atoms with Gasteiger partial charge >= 0.3 is 0 Å². The fraction of sp³-hybridized carbons (Fsp3) is 0.278. The Balaban J connectivity index is 1.91. The first-order valence-corrected chi connectivity index (χ1v) is 7.90. The molecule has 0 aromatic heterocycles. The van der Waals surface area contributed by atoms with Crippen molar-refractivity contribution in [3.8, 4) is 11.5 Å². The van der Waals surface area contributed by atoms with Gasteiger partial charge in [-0.3, -0.25) is 4.79 Å². The molecule has 0 fully saturated rings. The van der Waals surface area contributed by atoms with Gasteiger partial charge in [-0.15, -0.1) is 0 Å². The van der Waals surface area contributed by atoms with Crippen molar-refractivity contribution in [2.24, 2.45) is 0 Å². The summed E-state index contributed by atoms with van der Waals surface area (Å²) in [7, 11) is 5.13. The van der Waals surface area contributed by atoms with Crippen LogP contribution in [0.4, 0.5) is 5.69 Å². The molecular weight excluding hydrogens is 328 g/mol. The van der Waals surface area contributed by atoms with Crippen LogP contribution < -0.4 is 19.7 Å². The highest BCUT2D eigenvalue weighted by atomic mass is 35.5. The number of likely N-dealkylation sites (N-methyl/N-ethyl adjacent to an activating group) is 1. The Labute approximate surface area is 147 Å². The van der Waals surface area contributed by atoms with Crippen LogP contribution in [0.5, 0.6) is 11.5 Å². The number of methoxy groups -OCH3 is 2. The number of halogens is 1. The van der Waals surface area contributed by atoms with Gasteiger partial charge in [0.1, 0.15) is 11.5 Å². The predicted molar refractivity (Wildman–Crippen MR) is 96.6 cm³/mol. The molecule has 0 aliphatic rings. The topological polar surface area (TPSA) is 50.8 Å². The minimum absolute atomic E-state index is 0.211. The molecule has 0 saturated carbocycles. The average Bonchev–Trinajstić information content (AvgIpc) is 2.61. The Morgan fingerprint density at radius 3 is 2.46 bits per heavy atom. The van der Waals surface area contributed by atoms with Crippen LogP contribution in [-0.4, -0.2) is 40.3 Å². The zero-order valence-corrected chi connectivity index (χ0v) is 14.8. The lowest BCUT2D eigenvalue weighted by molar-refractivity contribution is 0.0951. The molecule has 0 aliphatic carbocycles. The van der Waals surface area contributed by atoms with Gasteiger partial charge in [-0.2, -0.15) is 0 Å².